The van der Waals surface area contributed by atoms with Crippen LogP contribution in [0.5, 0.6) is 0 Å². The first-order chi connectivity index (χ1) is 17.4. The van der Waals surface area contributed by atoms with Gasteiger partial charge in [0.25, 0.3) is 10.1 Å². The number of amides is 1. The van der Waals surface area contributed by atoms with Crippen LogP contribution in [0.1, 0.15) is 54.8 Å². The van der Waals surface area contributed by atoms with Gasteiger partial charge in [0.1, 0.15) is 0 Å². The lowest BCUT2D eigenvalue weighted by molar-refractivity contribution is -0.129. The van der Waals surface area contributed by atoms with Crippen molar-refractivity contribution in [2.24, 2.45) is 0 Å². The van der Waals surface area contributed by atoms with E-state index in [4.69, 9.17) is 8.92 Å². The van der Waals surface area contributed by atoms with Gasteiger partial charge in [-0.1, -0.05) is 42.0 Å². The van der Waals surface area contributed by atoms with Crippen molar-refractivity contribution in [3.63, 3.8) is 0 Å². The van der Waals surface area contributed by atoms with E-state index >= 15 is 0 Å². The molecule has 0 spiro atoms. The van der Waals surface area contributed by atoms with Gasteiger partial charge in [-0.25, -0.2) is 0 Å². The van der Waals surface area contributed by atoms with Crippen molar-refractivity contribution in [1.29, 1.82) is 0 Å². The number of carbonyl (C=O) groups is 1. The molecule has 2 aliphatic heterocycles. The van der Waals surface area contributed by atoms with Crippen molar-refractivity contribution in [2.75, 3.05) is 46.0 Å². The van der Waals surface area contributed by atoms with E-state index in [-0.39, 0.29) is 23.5 Å². The van der Waals surface area contributed by atoms with Crippen molar-refractivity contribution in [3.05, 3.63) is 65.2 Å². The van der Waals surface area contributed by atoms with E-state index in [1.807, 2.05) is 6.92 Å². The van der Waals surface area contributed by atoms with Crippen LogP contribution in [-0.2, 0) is 30.3 Å². The zero-order chi connectivity index (χ0) is 25.4. The second-order valence-electron chi connectivity index (χ2n) is 9.74. The number of rotatable bonds is 12. The Bertz CT molecular complexity index is 1080. The fourth-order valence-corrected chi connectivity index (χ4v) is 5.87. The van der Waals surface area contributed by atoms with Gasteiger partial charge in [0.2, 0.25) is 5.91 Å². The number of likely N-dealkylation sites (tertiary alicyclic amines) is 1. The summed E-state index contributed by atoms with van der Waals surface area (Å²) >= 11 is 0. The van der Waals surface area contributed by atoms with Crippen LogP contribution in [0, 0.1) is 6.92 Å². The van der Waals surface area contributed by atoms with Crippen molar-refractivity contribution in [3.8, 4) is 0 Å². The van der Waals surface area contributed by atoms with Crippen LogP contribution < -0.4 is 0 Å². The summed E-state index contributed by atoms with van der Waals surface area (Å²) in [6.45, 7) is 7.47. The number of ether oxygens (including phenoxy) is 1. The fourth-order valence-electron chi connectivity index (χ4n) is 4.93. The van der Waals surface area contributed by atoms with Crippen LogP contribution in [0.25, 0.3) is 0 Å². The summed E-state index contributed by atoms with van der Waals surface area (Å²) in [6, 6.07) is 15.4. The highest BCUT2D eigenvalue weighted by Crippen LogP contribution is 2.33. The minimum Gasteiger partial charge on any atom is -0.379 e. The van der Waals surface area contributed by atoms with Gasteiger partial charge in [0, 0.05) is 32.6 Å². The Morgan fingerprint density at radius 1 is 0.944 bits per heavy atom. The molecular formula is C28H38N2O5S. The summed E-state index contributed by atoms with van der Waals surface area (Å²) in [4.78, 5) is 17.2. The molecule has 0 radical (unpaired) electrons. The Hall–Kier alpha value is -2.26. The van der Waals surface area contributed by atoms with Gasteiger partial charge in [-0.15, -0.1) is 0 Å². The van der Waals surface area contributed by atoms with Crippen molar-refractivity contribution >= 4 is 16.0 Å². The van der Waals surface area contributed by atoms with Crippen LogP contribution in [0.2, 0.25) is 0 Å². The maximum absolute atomic E-state index is 12.5. The third-order valence-electron chi connectivity index (χ3n) is 7.08. The van der Waals surface area contributed by atoms with Gasteiger partial charge in [-0.3, -0.25) is 13.9 Å². The Kier molecular flexibility index (Phi) is 9.53. The van der Waals surface area contributed by atoms with Gasteiger partial charge in [0.15, 0.2) is 0 Å². The van der Waals surface area contributed by atoms with E-state index in [1.165, 1.54) is 11.1 Å². The molecule has 2 aromatic rings. The maximum Gasteiger partial charge on any atom is 0.296 e. The summed E-state index contributed by atoms with van der Waals surface area (Å²) in [5, 5.41) is 0. The molecule has 0 bridgehead atoms. The van der Waals surface area contributed by atoms with Crippen molar-refractivity contribution in [1.82, 2.24) is 9.80 Å². The minimum absolute atomic E-state index is 0.164. The number of hydrogen-bond donors (Lipinski definition) is 0. The molecule has 0 aromatic heterocycles. The molecule has 196 valence electrons. The highest BCUT2D eigenvalue weighted by molar-refractivity contribution is 7.86. The van der Waals surface area contributed by atoms with Gasteiger partial charge >= 0.3 is 0 Å². The first-order valence-corrected chi connectivity index (χ1v) is 14.5. The molecule has 1 atom stereocenters. The lowest BCUT2D eigenvalue weighted by atomic mass is 10.0. The van der Waals surface area contributed by atoms with Crippen LogP contribution in [0.3, 0.4) is 0 Å². The Morgan fingerprint density at radius 2 is 1.67 bits per heavy atom. The van der Waals surface area contributed by atoms with E-state index in [2.05, 4.69) is 34.1 Å². The summed E-state index contributed by atoms with van der Waals surface area (Å²) in [5.41, 5.74) is 3.42. The average Bonchev–Trinajstić information content (AvgIpc) is 3.25. The van der Waals surface area contributed by atoms with Crippen LogP contribution in [0.4, 0.5) is 0 Å². The minimum atomic E-state index is -3.70. The molecule has 1 amide bonds. The zero-order valence-electron chi connectivity index (χ0n) is 21.2. The van der Waals surface area contributed by atoms with Crippen molar-refractivity contribution in [2.45, 2.75) is 56.4 Å². The van der Waals surface area contributed by atoms with Gasteiger partial charge < -0.3 is 9.64 Å². The summed E-state index contributed by atoms with van der Waals surface area (Å²) in [7, 11) is -3.70. The first kappa shape index (κ1) is 26.8. The number of aryl methyl sites for hydroxylation is 2. The normalized spacial score (nSPS) is 19.2. The van der Waals surface area contributed by atoms with E-state index in [0.717, 1.165) is 70.6 Å². The van der Waals surface area contributed by atoms with Gasteiger partial charge in [-0.05, 0) is 62.3 Å². The predicted molar refractivity (Wildman–Crippen MR) is 139 cm³/mol. The standard InChI is InChI=1S/C28H38N2O5S/c1-23-6-12-26(13-7-23)36(32,33)35-20-3-2-5-24-8-10-25(11-9-24)27-14-15-28(31)30(27)17-4-16-29-18-21-34-22-19-29/h6-13,27H,2-5,14-22H2,1H3. The molecule has 0 saturated carbocycles. The summed E-state index contributed by atoms with van der Waals surface area (Å²) in [5.74, 6) is 0.256. The molecular weight excluding hydrogens is 476 g/mol. The average molecular weight is 515 g/mol. The molecule has 0 N–H and O–H groups in total. The fraction of sp³-hybridized carbons (Fsp3) is 0.536. The number of unbranched alkanes of at least 4 members (excludes halogenated alkanes) is 1. The molecule has 2 fully saturated rings. The zero-order valence-corrected chi connectivity index (χ0v) is 22.0. The quantitative estimate of drug-likeness (QED) is 0.313. The highest BCUT2D eigenvalue weighted by atomic mass is 32.2. The largest absolute Gasteiger partial charge is 0.379 e. The maximum atomic E-state index is 12.5. The lowest BCUT2D eigenvalue weighted by Crippen LogP contribution is -2.38. The second kappa shape index (κ2) is 12.8. The van der Waals surface area contributed by atoms with Gasteiger partial charge in [-0.2, -0.15) is 8.42 Å². The number of nitrogens with zero attached hydrogens (tertiary/aromatic N) is 2. The Labute approximate surface area is 215 Å². The van der Waals surface area contributed by atoms with Gasteiger partial charge in [0.05, 0.1) is 30.8 Å². The second-order valence-corrected chi connectivity index (χ2v) is 11.4. The molecule has 2 aromatic carbocycles. The third-order valence-corrected chi connectivity index (χ3v) is 8.40. The monoisotopic (exact) mass is 514 g/mol. The highest BCUT2D eigenvalue weighted by Gasteiger charge is 2.31. The molecule has 2 saturated heterocycles. The molecule has 36 heavy (non-hydrogen) atoms. The molecule has 2 aliphatic rings. The summed E-state index contributed by atoms with van der Waals surface area (Å²) < 4.78 is 35.2. The smallest absolute Gasteiger partial charge is 0.296 e. The van der Waals surface area contributed by atoms with Crippen LogP contribution in [0.15, 0.2) is 53.4 Å². The molecule has 2 heterocycles. The van der Waals surface area contributed by atoms with E-state index in [0.29, 0.717) is 12.8 Å². The molecule has 0 aliphatic carbocycles. The van der Waals surface area contributed by atoms with E-state index in [9.17, 15) is 13.2 Å². The van der Waals surface area contributed by atoms with Crippen molar-refractivity contribution < 1.29 is 22.1 Å². The van der Waals surface area contributed by atoms with Crippen LogP contribution >= 0.6 is 0 Å². The molecule has 8 heteroatoms. The molecule has 1 unspecified atom stereocenters. The number of carbonyl (C=O) groups excluding carboxylic acids is 1. The topological polar surface area (TPSA) is 76.2 Å². The predicted octanol–water partition coefficient (Wildman–Crippen LogP) is 4.11. The summed E-state index contributed by atoms with van der Waals surface area (Å²) in [6.07, 6.45) is 4.86. The molecule has 7 nitrogen and oxygen atoms in total. The Morgan fingerprint density at radius 3 is 2.39 bits per heavy atom. The third kappa shape index (κ3) is 7.38. The van der Waals surface area contributed by atoms with Crippen LogP contribution in [-0.4, -0.2) is 70.1 Å². The SMILES string of the molecule is Cc1ccc(S(=O)(=O)OCCCCc2ccc(C3CCC(=O)N3CCCN3CCOCC3)cc2)cc1. The lowest BCUT2D eigenvalue weighted by Gasteiger charge is -2.29. The molecule has 4 rings (SSSR count). The Balaban J connectivity index is 1.20. The number of benzene rings is 2. The van der Waals surface area contributed by atoms with E-state index < -0.39 is 10.1 Å². The number of morpholine rings is 1. The van der Waals surface area contributed by atoms with E-state index in [1.54, 1.807) is 24.3 Å². The number of hydrogen-bond acceptors (Lipinski definition) is 6. The first-order valence-electron chi connectivity index (χ1n) is 13.1.